The fourth-order valence-electron chi connectivity index (χ4n) is 1.62. The number of rotatable bonds is 4. The Morgan fingerprint density at radius 1 is 1.00 bits per heavy atom. The van der Waals surface area contributed by atoms with E-state index in [1.165, 1.54) is 4.90 Å². The van der Waals surface area contributed by atoms with Crippen molar-refractivity contribution in [2.45, 2.75) is 0 Å². The van der Waals surface area contributed by atoms with Crippen molar-refractivity contribution in [3.05, 3.63) is 53.6 Å². The molecule has 0 bridgehead atoms. The number of amides is 1. The molecule has 0 aliphatic carbocycles. The Labute approximate surface area is 111 Å². The van der Waals surface area contributed by atoms with Gasteiger partial charge in [-0.25, -0.2) is 0 Å². The van der Waals surface area contributed by atoms with Crippen LogP contribution >= 0.6 is 11.6 Å². The lowest BCUT2D eigenvalue weighted by Crippen LogP contribution is -2.13. The fourth-order valence-corrected chi connectivity index (χ4v) is 1.74. The SMILES string of the molecule is COc1ccc(N(C=O)c2ccc(Cl)cc2)cc1. The minimum Gasteiger partial charge on any atom is -0.497 e. The average molecular weight is 262 g/mol. The summed E-state index contributed by atoms with van der Waals surface area (Å²) in [5.41, 5.74) is 1.53. The molecule has 0 aliphatic rings. The number of nitrogens with zero attached hydrogens (tertiary/aromatic N) is 1. The van der Waals surface area contributed by atoms with Crippen LogP contribution in [-0.2, 0) is 4.79 Å². The van der Waals surface area contributed by atoms with Crippen LogP contribution in [0.2, 0.25) is 5.02 Å². The predicted molar refractivity (Wildman–Crippen MR) is 72.6 cm³/mol. The first-order valence-corrected chi connectivity index (χ1v) is 5.76. The first kappa shape index (κ1) is 12.5. The Bertz CT molecular complexity index is 522. The zero-order valence-electron chi connectivity index (χ0n) is 9.84. The van der Waals surface area contributed by atoms with E-state index in [-0.39, 0.29) is 0 Å². The topological polar surface area (TPSA) is 29.5 Å². The van der Waals surface area contributed by atoms with Gasteiger partial charge >= 0.3 is 0 Å². The minimum absolute atomic E-state index is 0.638. The monoisotopic (exact) mass is 261 g/mol. The van der Waals surface area contributed by atoms with Crippen molar-refractivity contribution >= 4 is 29.4 Å². The Morgan fingerprint density at radius 3 is 1.94 bits per heavy atom. The van der Waals surface area contributed by atoms with E-state index >= 15 is 0 Å². The van der Waals surface area contributed by atoms with Gasteiger partial charge in [0.05, 0.1) is 7.11 Å². The maximum atomic E-state index is 11.2. The first-order valence-electron chi connectivity index (χ1n) is 5.39. The molecule has 0 radical (unpaired) electrons. The average Bonchev–Trinajstić information content (AvgIpc) is 2.42. The van der Waals surface area contributed by atoms with E-state index < -0.39 is 0 Å². The van der Waals surface area contributed by atoms with Gasteiger partial charge in [-0.15, -0.1) is 0 Å². The highest BCUT2D eigenvalue weighted by Crippen LogP contribution is 2.26. The molecule has 2 aromatic rings. The third kappa shape index (κ3) is 2.63. The van der Waals surface area contributed by atoms with E-state index in [4.69, 9.17) is 16.3 Å². The number of hydrogen-bond acceptors (Lipinski definition) is 2. The number of anilines is 2. The van der Waals surface area contributed by atoms with Crippen LogP contribution in [0.4, 0.5) is 11.4 Å². The first-order chi connectivity index (χ1) is 8.74. The molecule has 18 heavy (non-hydrogen) atoms. The van der Waals surface area contributed by atoms with Gasteiger partial charge in [-0.2, -0.15) is 0 Å². The van der Waals surface area contributed by atoms with Crippen molar-refractivity contribution in [3.63, 3.8) is 0 Å². The van der Waals surface area contributed by atoms with Gasteiger partial charge in [-0.1, -0.05) is 11.6 Å². The number of ether oxygens (including phenoxy) is 1. The van der Waals surface area contributed by atoms with Gasteiger partial charge in [-0.05, 0) is 48.5 Å². The zero-order valence-corrected chi connectivity index (χ0v) is 10.6. The molecular weight excluding hydrogens is 250 g/mol. The molecule has 2 rings (SSSR count). The smallest absolute Gasteiger partial charge is 0.218 e. The quantitative estimate of drug-likeness (QED) is 0.787. The number of methoxy groups -OCH3 is 1. The summed E-state index contributed by atoms with van der Waals surface area (Å²) >= 11 is 5.82. The van der Waals surface area contributed by atoms with Gasteiger partial charge in [0, 0.05) is 16.4 Å². The summed E-state index contributed by atoms with van der Waals surface area (Å²) in [5.74, 6) is 0.751. The maximum absolute atomic E-state index is 11.2. The molecule has 92 valence electrons. The van der Waals surface area contributed by atoms with E-state index in [2.05, 4.69) is 0 Å². The second kappa shape index (κ2) is 5.56. The summed E-state index contributed by atoms with van der Waals surface area (Å²) in [7, 11) is 1.60. The van der Waals surface area contributed by atoms with Crippen molar-refractivity contribution in [2.24, 2.45) is 0 Å². The Hall–Kier alpha value is -2.00. The minimum atomic E-state index is 0.638. The van der Waals surface area contributed by atoms with Gasteiger partial charge in [0.15, 0.2) is 0 Å². The lowest BCUT2D eigenvalue weighted by Gasteiger charge is -2.17. The highest BCUT2D eigenvalue weighted by molar-refractivity contribution is 6.30. The number of carbonyl (C=O) groups excluding carboxylic acids is 1. The summed E-state index contributed by atoms with van der Waals surface area (Å²) in [6.07, 6.45) is 0.769. The van der Waals surface area contributed by atoms with Crippen molar-refractivity contribution in [2.75, 3.05) is 12.0 Å². The van der Waals surface area contributed by atoms with Crippen LogP contribution in [0.15, 0.2) is 48.5 Å². The van der Waals surface area contributed by atoms with Gasteiger partial charge in [-0.3, -0.25) is 9.69 Å². The van der Waals surface area contributed by atoms with Crippen LogP contribution in [0.25, 0.3) is 0 Å². The van der Waals surface area contributed by atoms with Gasteiger partial charge in [0.2, 0.25) is 6.41 Å². The van der Waals surface area contributed by atoms with Crippen molar-refractivity contribution in [3.8, 4) is 5.75 Å². The van der Waals surface area contributed by atoms with Gasteiger partial charge in [0.1, 0.15) is 5.75 Å². The summed E-state index contributed by atoms with van der Waals surface area (Å²) in [6.45, 7) is 0. The lowest BCUT2D eigenvalue weighted by molar-refractivity contribution is -0.106. The van der Waals surface area contributed by atoms with Crippen molar-refractivity contribution < 1.29 is 9.53 Å². The molecule has 0 saturated carbocycles. The van der Waals surface area contributed by atoms with E-state index in [1.807, 2.05) is 24.3 Å². The summed E-state index contributed by atoms with van der Waals surface area (Å²) < 4.78 is 5.08. The second-order valence-electron chi connectivity index (χ2n) is 3.65. The van der Waals surface area contributed by atoms with E-state index in [0.29, 0.717) is 5.02 Å². The molecule has 2 aromatic carbocycles. The van der Waals surface area contributed by atoms with Crippen molar-refractivity contribution in [1.29, 1.82) is 0 Å². The van der Waals surface area contributed by atoms with Crippen LogP contribution in [0.5, 0.6) is 5.75 Å². The predicted octanol–water partition coefficient (Wildman–Crippen LogP) is 3.64. The third-order valence-corrected chi connectivity index (χ3v) is 2.81. The molecule has 0 spiro atoms. The van der Waals surface area contributed by atoms with Crippen LogP contribution in [0.3, 0.4) is 0 Å². The Balaban J connectivity index is 2.32. The number of carbonyl (C=O) groups is 1. The fraction of sp³-hybridized carbons (Fsp3) is 0.0714. The number of benzene rings is 2. The van der Waals surface area contributed by atoms with Crippen LogP contribution in [0.1, 0.15) is 0 Å². The van der Waals surface area contributed by atoms with E-state index in [1.54, 1.807) is 31.4 Å². The summed E-state index contributed by atoms with van der Waals surface area (Å²) in [5, 5.41) is 0.638. The highest BCUT2D eigenvalue weighted by Gasteiger charge is 2.07. The third-order valence-electron chi connectivity index (χ3n) is 2.56. The van der Waals surface area contributed by atoms with E-state index in [0.717, 1.165) is 23.5 Å². The Morgan fingerprint density at radius 2 is 1.50 bits per heavy atom. The molecule has 0 aliphatic heterocycles. The summed E-state index contributed by atoms with van der Waals surface area (Å²) in [4.78, 5) is 12.7. The molecule has 0 aromatic heterocycles. The van der Waals surface area contributed by atoms with Gasteiger partial charge in [0.25, 0.3) is 0 Å². The van der Waals surface area contributed by atoms with Crippen LogP contribution in [-0.4, -0.2) is 13.5 Å². The van der Waals surface area contributed by atoms with Gasteiger partial charge < -0.3 is 4.74 Å². The van der Waals surface area contributed by atoms with Crippen LogP contribution < -0.4 is 9.64 Å². The molecule has 4 heteroatoms. The van der Waals surface area contributed by atoms with Crippen LogP contribution in [0, 0.1) is 0 Å². The second-order valence-corrected chi connectivity index (χ2v) is 4.09. The lowest BCUT2D eigenvalue weighted by atomic mass is 10.2. The molecule has 3 nitrogen and oxygen atoms in total. The highest BCUT2D eigenvalue weighted by atomic mass is 35.5. The number of hydrogen-bond donors (Lipinski definition) is 0. The zero-order chi connectivity index (χ0) is 13.0. The van der Waals surface area contributed by atoms with Crippen molar-refractivity contribution in [1.82, 2.24) is 0 Å². The molecule has 0 saturated heterocycles. The standard InChI is InChI=1S/C14H12ClNO2/c1-18-14-8-6-13(7-9-14)16(10-17)12-4-2-11(15)3-5-12/h2-10H,1H3. The molecule has 0 N–H and O–H groups in total. The normalized spacial score (nSPS) is 9.89. The van der Waals surface area contributed by atoms with E-state index in [9.17, 15) is 4.79 Å². The largest absolute Gasteiger partial charge is 0.497 e. The molecule has 0 heterocycles. The molecular formula is C14H12ClNO2. The summed E-state index contributed by atoms with van der Waals surface area (Å²) in [6, 6.07) is 14.3. The maximum Gasteiger partial charge on any atom is 0.218 e. The molecule has 0 atom stereocenters. The Kier molecular flexibility index (Phi) is 3.85. The molecule has 0 fully saturated rings. The molecule has 0 unspecified atom stereocenters. The number of halogens is 1. The molecule has 1 amide bonds.